The minimum absolute atomic E-state index is 0.000793. The number of hydrogen-bond acceptors (Lipinski definition) is 5. The van der Waals surface area contributed by atoms with Crippen LogP contribution in [0.25, 0.3) is 0 Å². The molecule has 2 aromatic rings. The number of hydrogen-bond donors (Lipinski definition) is 0. The molecule has 1 amide bonds. The van der Waals surface area contributed by atoms with Crippen molar-refractivity contribution in [3.8, 4) is 0 Å². The third-order valence-electron chi connectivity index (χ3n) is 5.85. The summed E-state index contributed by atoms with van der Waals surface area (Å²) in [5, 5.41) is 0. The van der Waals surface area contributed by atoms with Crippen LogP contribution in [-0.4, -0.2) is 70.4 Å². The van der Waals surface area contributed by atoms with E-state index < -0.39 is 31.8 Å². The summed E-state index contributed by atoms with van der Waals surface area (Å²) >= 11 is 0. The zero-order chi connectivity index (χ0) is 24.7. The average Bonchev–Trinajstić information content (AvgIpc) is 3.17. The molecule has 0 N–H and O–H groups in total. The SMILES string of the molecule is O=C(c1ccc(N2CCCS2(=O)=O)cc1)N1CCN(S(=O)(=O)c2ccc(C(F)(F)F)cc2)CC1. The molecule has 0 saturated carbocycles. The maximum Gasteiger partial charge on any atom is 0.416 e. The first kappa shape index (κ1) is 24.5. The number of anilines is 1. The van der Waals surface area contributed by atoms with Crippen LogP contribution in [0.1, 0.15) is 22.3 Å². The Hall–Kier alpha value is -2.64. The highest BCUT2D eigenvalue weighted by molar-refractivity contribution is 7.93. The summed E-state index contributed by atoms with van der Waals surface area (Å²) in [5.41, 5.74) is -0.101. The number of benzene rings is 2. The van der Waals surface area contributed by atoms with Crippen LogP contribution in [-0.2, 0) is 26.2 Å². The summed E-state index contributed by atoms with van der Waals surface area (Å²) < 4.78 is 90.4. The molecule has 0 atom stereocenters. The van der Waals surface area contributed by atoms with E-state index in [1.54, 1.807) is 12.1 Å². The van der Waals surface area contributed by atoms with Gasteiger partial charge in [0.25, 0.3) is 5.91 Å². The summed E-state index contributed by atoms with van der Waals surface area (Å²) in [5.74, 6) is -0.227. The number of nitrogens with zero attached hydrogens (tertiary/aromatic N) is 3. The van der Waals surface area contributed by atoms with Gasteiger partial charge in [-0.25, -0.2) is 16.8 Å². The van der Waals surface area contributed by atoms with Crippen LogP contribution in [0, 0.1) is 0 Å². The molecule has 2 aliphatic rings. The monoisotopic (exact) mass is 517 g/mol. The van der Waals surface area contributed by atoms with Gasteiger partial charge in [-0.1, -0.05) is 0 Å². The standard InChI is InChI=1S/C21H22F3N3O5S2/c22-21(23,24)17-4-8-19(9-5-17)34(31,32)26-13-11-25(12-14-26)20(28)16-2-6-18(7-3-16)27-10-1-15-33(27,29)30/h2-9H,1,10-15H2. The second kappa shape index (κ2) is 8.86. The second-order valence-electron chi connectivity index (χ2n) is 8.01. The maximum absolute atomic E-state index is 12.8. The van der Waals surface area contributed by atoms with Crippen LogP contribution >= 0.6 is 0 Å². The van der Waals surface area contributed by atoms with Gasteiger partial charge in [0.15, 0.2) is 0 Å². The second-order valence-corrected chi connectivity index (χ2v) is 12.0. The molecular formula is C21H22F3N3O5S2. The zero-order valence-corrected chi connectivity index (χ0v) is 19.5. The number of piperazine rings is 1. The Morgan fingerprint density at radius 3 is 1.94 bits per heavy atom. The molecule has 8 nitrogen and oxygen atoms in total. The van der Waals surface area contributed by atoms with E-state index in [9.17, 15) is 34.8 Å². The van der Waals surface area contributed by atoms with Crippen molar-refractivity contribution in [1.82, 2.24) is 9.21 Å². The Kier molecular flexibility index (Phi) is 6.38. The molecule has 2 fully saturated rings. The van der Waals surface area contributed by atoms with Gasteiger partial charge in [0.05, 0.1) is 21.9 Å². The van der Waals surface area contributed by atoms with Crippen molar-refractivity contribution in [1.29, 1.82) is 0 Å². The van der Waals surface area contributed by atoms with E-state index in [4.69, 9.17) is 0 Å². The Morgan fingerprint density at radius 1 is 0.853 bits per heavy atom. The molecule has 0 aliphatic carbocycles. The molecule has 184 valence electrons. The molecule has 2 saturated heterocycles. The molecule has 0 unspecified atom stereocenters. The molecular weight excluding hydrogens is 495 g/mol. The van der Waals surface area contributed by atoms with Gasteiger partial charge in [0, 0.05) is 38.3 Å². The number of amides is 1. The number of halogens is 3. The van der Waals surface area contributed by atoms with Crippen molar-refractivity contribution in [2.45, 2.75) is 17.5 Å². The summed E-state index contributed by atoms with van der Waals surface area (Å²) in [7, 11) is -7.33. The highest BCUT2D eigenvalue weighted by atomic mass is 32.2. The summed E-state index contributed by atoms with van der Waals surface area (Å²) in [4.78, 5) is 14.1. The summed E-state index contributed by atoms with van der Waals surface area (Å²) in [6.45, 7) is 0.616. The van der Waals surface area contributed by atoms with Crippen LogP contribution in [0.4, 0.5) is 18.9 Å². The van der Waals surface area contributed by atoms with Crippen LogP contribution in [0.5, 0.6) is 0 Å². The molecule has 34 heavy (non-hydrogen) atoms. The molecule has 13 heteroatoms. The van der Waals surface area contributed by atoms with Crippen LogP contribution in [0.3, 0.4) is 0 Å². The van der Waals surface area contributed by atoms with Gasteiger partial charge < -0.3 is 4.90 Å². The Labute approximate surface area is 195 Å². The van der Waals surface area contributed by atoms with E-state index >= 15 is 0 Å². The van der Waals surface area contributed by atoms with Gasteiger partial charge in [-0.05, 0) is 55.0 Å². The molecule has 2 aromatic carbocycles. The van der Waals surface area contributed by atoms with Gasteiger partial charge in [-0.3, -0.25) is 9.10 Å². The van der Waals surface area contributed by atoms with Gasteiger partial charge in [-0.2, -0.15) is 17.5 Å². The van der Waals surface area contributed by atoms with Crippen molar-refractivity contribution < 1.29 is 34.8 Å². The fourth-order valence-corrected chi connectivity index (χ4v) is 6.97. The number of alkyl halides is 3. The van der Waals surface area contributed by atoms with Crippen LogP contribution in [0.2, 0.25) is 0 Å². The quantitative estimate of drug-likeness (QED) is 0.621. The summed E-state index contributed by atoms with van der Waals surface area (Å²) in [6.07, 6.45) is -4.02. The molecule has 0 radical (unpaired) electrons. The van der Waals surface area contributed by atoms with Gasteiger partial charge in [0.1, 0.15) is 0 Å². The van der Waals surface area contributed by atoms with Gasteiger partial charge >= 0.3 is 6.18 Å². The van der Waals surface area contributed by atoms with Crippen molar-refractivity contribution in [2.24, 2.45) is 0 Å². The van der Waals surface area contributed by atoms with E-state index in [2.05, 4.69) is 0 Å². The van der Waals surface area contributed by atoms with Crippen molar-refractivity contribution in [3.63, 3.8) is 0 Å². The zero-order valence-electron chi connectivity index (χ0n) is 17.9. The lowest BCUT2D eigenvalue weighted by Gasteiger charge is -2.34. The smallest absolute Gasteiger partial charge is 0.336 e. The molecule has 4 rings (SSSR count). The van der Waals surface area contributed by atoms with Crippen molar-refractivity contribution in [2.75, 3.05) is 42.8 Å². The molecule has 0 spiro atoms. The lowest BCUT2D eigenvalue weighted by Crippen LogP contribution is -2.50. The number of carbonyl (C=O) groups is 1. The predicted molar refractivity (Wildman–Crippen MR) is 118 cm³/mol. The minimum atomic E-state index is -4.56. The Bertz CT molecular complexity index is 1270. The first-order valence-corrected chi connectivity index (χ1v) is 13.5. The molecule has 0 aromatic heterocycles. The normalized spacial score (nSPS) is 19.4. The Balaban J connectivity index is 1.40. The first-order chi connectivity index (χ1) is 15.9. The largest absolute Gasteiger partial charge is 0.416 e. The maximum atomic E-state index is 12.8. The van der Waals surface area contributed by atoms with E-state index in [-0.39, 0.29) is 42.7 Å². The first-order valence-electron chi connectivity index (χ1n) is 10.5. The predicted octanol–water partition coefficient (Wildman–Crippen LogP) is 2.39. The van der Waals surface area contributed by atoms with Crippen molar-refractivity contribution in [3.05, 3.63) is 59.7 Å². The third kappa shape index (κ3) is 4.77. The fraction of sp³-hybridized carbons (Fsp3) is 0.381. The topological polar surface area (TPSA) is 95.1 Å². The average molecular weight is 518 g/mol. The molecule has 2 aliphatic heterocycles. The van der Waals surface area contributed by atoms with Crippen LogP contribution < -0.4 is 4.31 Å². The van der Waals surface area contributed by atoms with Crippen molar-refractivity contribution >= 4 is 31.6 Å². The lowest BCUT2D eigenvalue weighted by molar-refractivity contribution is -0.137. The number of sulfonamides is 2. The van der Waals surface area contributed by atoms with Gasteiger partial charge in [0.2, 0.25) is 20.0 Å². The minimum Gasteiger partial charge on any atom is -0.336 e. The molecule has 0 bridgehead atoms. The summed E-state index contributed by atoms with van der Waals surface area (Å²) in [6, 6.07) is 9.53. The van der Waals surface area contributed by atoms with E-state index in [0.717, 1.165) is 28.6 Å². The highest BCUT2D eigenvalue weighted by Gasteiger charge is 2.33. The van der Waals surface area contributed by atoms with E-state index in [0.29, 0.717) is 24.2 Å². The third-order valence-corrected chi connectivity index (χ3v) is 9.63. The van der Waals surface area contributed by atoms with E-state index in [1.165, 1.54) is 21.3 Å². The highest BCUT2D eigenvalue weighted by Crippen LogP contribution is 2.30. The fourth-order valence-electron chi connectivity index (χ4n) is 3.98. The molecule has 2 heterocycles. The van der Waals surface area contributed by atoms with E-state index in [1.807, 2.05) is 0 Å². The van der Waals surface area contributed by atoms with Gasteiger partial charge in [-0.15, -0.1) is 0 Å². The Morgan fingerprint density at radius 2 is 1.44 bits per heavy atom. The lowest BCUT2D eigenvalue weighted by atomic mass is 10.1. The number of rotatable bonds is 4. The van der Waals surface area contributed by atoms with Crippen LogP contribution in [0.15, 0.2) is 53.4 Å². The number of carbonyl (C=O) groups excluding carboxylic acids is 1.